The van der Waals surface area contributed by atoms with Crippen LogP contribution in [-0.2, 0) is 9.59 Å². The standard InChI is InChI=1S/C23H31N3O2/c1-23(2,3)14-21(27)26-12-6-9-20(26)22(28)25-19(15-24)18-11-10-16-7-4-5-8-17(16)13-18/h4-5,7-8,10-11,13,19-20H,6,9,12,14-15,24H2,1-3H3,(H,25,28). The SMILES string of the molecule is CC(C)(C)CC(=O)N1CCCC1C(=O)NC(CN)c1ccc2ccccc2c1. The van der Waals surface area contributed by atoms with Crippen molar-refractivity contribution < 1.29 is 9.59 Å². The van der Waals surface area contributed by atoms with E-state index in [0.717, 1.165) is 22.8 Å². The van der Waals surface area contributed by atoms with Gasteiger partial charge in [0.05, 0.1) is 6.04 Å². The van der Waals surface area contributed by atoms with E-state index in [2.05, 4.69) is 23.5 Å². The number of rotatable bonds is 5. The molecule has 0 aromatic heterocycles. The summed E-state index contributed by atoms with van der Waals surface area (Å²) in [6.45, 7) is 7.09. The molecule has 0 spiro atoms. The molecule has 5 nitrogen and oxygen atoms in total. The summed E-state index contributed by atoms with van der Waals surface area (Å²) in [6, 6.07) is 13.6. The van der Waals surface area contributed by atoms with Gasteiger partial charge < -0.3 is 16.0 Å². The Morgan fingerprint density at radius 1 is 1.18 bits per heavy atom. The van der Waals surface area contributed by atoms with Gasteiger partial charge in [0.15, 0.2) is 0 Å². The largest absolute Gasteiger partial charge is 0.346 e. The monoisotopic (exact) mass is 381 g/mol. The predicted octanol–water partition coefficient (Wildman–Crippen LogP) is 3.38. The maximum absolute atomic E-state index is 13.0. The fourth-order valence-electron chi connectivity index (χ4n) is 3.86. The number of hydrogen-bond acceptors (Lipinski definition) is 3. The number of benzene rings is 2. The van der Waals surface area contributed by atoms with Gasteiger partial charge in [0.2, 0.25) is 11.8 Å². The van der Waals surface area contributed by atoms with Gasteiger partial charge in [0.1, 0.15) is 6.04 Å². The van der Waals surface area contributed by atoms with Crippen molar-refractivity contribution in [1.82, 2.24) is 10.2 Å². The molecule has 0 saturated carbocycles. The topological polar surface area (TPSA) is 75.4 Å². The molecular formula is C23H31N3O2. The first-order valence-corrected chi connectivity index (χ1v) is 10.1. The molecule has 2 atom stereocenters. The van der Waals surface area contributed by atoms with E-state index in [0.29, 0.717) is 25.9 Å². The van der Waals surface area contributed by atoms with Gasteiger partial charge in [-0.2, -0.15) is 0 Å². The minimum Gasteiger partial charge on any atom is -0.346 e. The van der Waals surface area contributed by atoms with E-state index in [1.807, 2.05) is 45.0 Å². The summed E-state index contributed by atoms with van der Waals surface area (Å²) in [7, 11) is 0. The molecule has 150 valence electrons. The number of carbonyl (C=O) groups excluding carboxylic acids is 2. The quantitative estimate of drug-likeness (QED) is 0.834. The molecule has 1 fully saturated rings. The zero-order valence-corrected chi connectivity index (χ0v) is 17.1. The Balaban J connectivity index is 1.72. The molecule has 2 unspecified atom stereocenters. The van der Waals surface area contributed by atoms with E-state index in [-0.39, 0.29) is 23.3 Å². The van der Waals surface area contributed by atoms with Gasteiger partial charge >= 0.3 is 0 Å². The molecule has 5 heteroatoms. The summed E-state index contributed by atoms with van der Waals surface area (Å²) in [4.78, 5) is 27.4. The van der Waals surface area contributed by atoms with Crippen LogP contribution in [0.25, 0.3) is 10.8 Å². The molecule has 1 aliphatic heterocycles. The van der Waals surface area contributed by atoms with Crippen LogP contribution < -0.4 is 11.1 Å². The van der Waals surface area contributed by atoms with Crippen molar-refractivity contribution >= 4 is 22.6 Å². The van der Waals surface area contributed by atoms with Crippen LogP contribution in [0.5, 0.6) is 0 Å². The van der Waals surface area contributed by atoms with E-state index in [1.165, 1.54) is 0 Å². The number of fused-ring (bicyclic) bond motifs is 1. The van der Waals surface area contributed by atoms with Crippen LogP contribution in [0.2, 0.25) is 0 Å². The highest BCUT2D eigenvalue weighted by atomic mass is 16.2. The van der Waals surface area contributed by atoms with Crippen LogP contribution in [-0.4, -0.2) is 35.8 Å². The lowest BCUT2D eigenvalue weighted by Crippen LogP contribution is -2.48. The van der Waals surface area contributed by atoms with Crippen molar-refractivity contribution in [3.63, 3.8) is 0 Å². The molecule has 2 aromatic carbocycles. The number of nitrogens with two attached hydrogens (primary N) is 1. The number of nitrogens with one attached hydrogen (secondary N) is 1. The maximum Gasteiger partial charge on any atom is 0.243 e. The van der Waals surface area contributed by atoms with E-state index >= 15 is 0 Å². The van der Waals surface area contributed by atoms with Crippen LogP contribution in [0.3, 0.4) is 0 Å². The zero-order chi connectivity index (χ0) is 20.3. The highest BCUT2D eigenvalue weighted by Gasteiger charge is 2.36. The Bertz CT molecular complexity index is 856. The van der Waals surface area contributed by atoms with Gasteiger partial charge in [-0.25, -0.2) is 0 Å². The Labute approximate surface area is 167 Å². The number of likely N-dealkylation sites (tertiary alicyclic amines) is 1. The third kappa shape index (κ3) is 4.71. The zero-order valence-electron chi connectivity index (χ0n) is 17.1. The Morgan fingerprint density at radius 2 is 1.89 bits per heavy atom. The van der Waals surface area contributed by atoms with Gasteiger partial charge in [-0.15, -0.1) is 0 Å². The first-order valence-electron chi connectivity index (χ1n) is 10.1. The van der Waals surface area contributed by atoms with Crippen LogP contribution in [0.1, 0.15) is 51.6 Å². The van der Waals surface area contributed by atoms with Crippen LogP contribution >= 0.6 is 0 Å². The lowest BCUT2D eigenvalue weighted by atomic mass is 9.91. The van der Waals surface area contributed by atoms with Gasteiger partial charge in [0, 0.05) is 19.5 Å². The van der Waals surface area contributed by atoms with Crippen LogP contribution in [0.4, 0.5) is 0 Å². The minimum atomic E-state index is -0.399. The highest BCUT2D eigenvalue weighted by Crippen LogP contribution is 2.26. The Hall–Kier alpha value is -2.40. The van der Waals surface area contributed by atoms with Crippen molar-refractivity contribution in [3.05, 3.63) is 48.0 Å². The van der Waals surface area contributed by atoms with Crippen molar-refractivity contribution in [3.8, 4) is 0 Å². The fraction of sp³-hybridized carbons (Fsp3) is 0.478. The molecule has 1 aliphatic rings. The first kappa shape index (κ1) is 20.3. The summed E-state index contributed by atoms with van der Waals surface area (Å²) in [5.41, 5.74) is 6.87. The maximum atomic E-state index is 13.0. The van der Waals surface area contributed by atoms with E-state index in [4.69, 9.17) is 5.73 Å². The molecular weight excluding hydrogens is 350 g/mol. The molecule has 28 heavy (non-hydrogen) atoms. The van der Waals surface area contributed by atoms with E-state index in [9.17, 15) is 9.59 Å². The first-order chi connectivity index (χ1) is 13.3. The van der Waals surface area contributed by atoms with Crippen molar-refractivity contribution in [2.24, 2.45) is 11.1 Å². The summed E-state index contributed by atoms with van der Waals surface area (Å²) in [5.74, 6) is -0.0523. The smallest absolute Gasteiger partial charge is 0.243 e. The summed E-state index contributed by atoms with van der Waals surface area (Å²) in [5, 5.41) is 5.36. The average molecular weight is 382 g/mol. The van der Waals surface area contributed by atoms with Crippen molar-refractivity contribution in [2.45, 2.75) is 52.1 Å². The number of nitrogens with zero attached hydrogens (tertiary/aromatic N) is 1. The molecule has 0 aliphatic carbocycles. The van der Waals surface area contributed by atoms with Gasteiger partial charge in [-0.05, 0) is 40.7 Å². The summed E-state index contributed by atoms with van der Waals surface area (Å²) < 4.78 is 0. The van der Waals surface area contributed by atoms with Crippen LogP contribution in [0, 0.1) is 5.41 Å². The second-order valence-electron chi connectivity index (χ2n) is 8.89. The average Bonchev–Trinajstić information content (AvgIpc) is 3.14. The molecule has 1 saturated heterocycles. The highest BCUT2D eigenvalue weighted by molar-refractivity contribution is 5.89. The lowest BCUT2D eigenvalue weighted by Gasteiger charge is -2.29. The van der Waals surface area contributed by atoms with Gasteiger partial charge in [0.25, 0.3) is 0 Å². The number of hydrogen-bond donors (Lipinski definition) is 2. The molecule has 3 N–H and O–H groups in total. The fourth-order valence-corrected chi connectivity index (χ4v) is 3.86. The van der Waals surface area contributed by atoms with E-state index < -0.39 is 6.04 Å². The second kappa shape index (κ2) is 8.31. The van der Waals surface area contributed by atoms with Gasteiger partial charge in [-0.3, -0.25) is 9.59 Å². The third-order valence-electron chi connectivity index (χ3n) is 5.29. The second-order valence-corrected chi connectivity index (χ2v) is 8.89. The molecule has 0 bridgehead atoms. The molecule has 1 heterocycles. The molecule has 0 radical (unpaired) electrons. The number of carbonyl (C=O) groups is 2. The molecule has 2 aromatic rings. The Kier molecular flexibility index (Phi) is 6.04. The van der Waals surface area contributed by atoms with Gasteiger partial charge in [-0.1, -0.05) is 57.2 Å². The van der Waals surface area contributed by atoms with E-state index in [1.54, 1.807) is 4.90 Å². The molecule has 3 rings (SSSR count). The van der Waals surface area contributed by atoms with Crippen LogP contribution in [0.15, 0.2) is 42.5 Å². The Morgan fingerprint density at radius 3 is 2.57 bits per heavy atom. The summed E-state index contributed by atoms with van der Waals surface area (Å²) in [6.07, 6.45) is 2.01. The lowest BCUT2D eigenvalue weighted by molar-refractivity contribution is -0.140. The summed E-state index contributed by atoms with van der Waals surface area (Å²) >= 11 is 0. The van der Waals surface area contributed by atoms with Crippen molar-refractivity contribution in [2.75, 3.05) is 13.1 Å². The third-order valence-corrected chi connectivity index (χ3v) is 5.29. The minimum absolute atomic E-state index is 0.0557. The normalized spacial score (nSPS) is 18.3. The number of amides is 2. The molecule has 2 amide bonds. The predicted molar refractivity (Wildman–Crippen MR) is 113 cm³/mol. The van der Waals surface area contributed by atoms with Crippen molar-refractivity contribution in [1.29, 1.82) is 0 Å².